The molecule has 3 rings (SSSR count). The van der Waals surface area contributed by atoms with Gasteiger partial charge in [0.15, 0.2) is 5.96 Å². The first-order chi connectivity index (χ1) is 8.78. The summed E-state index contributed by atoms with van der Waals surface area (Å²) in [6.07, 6.45) is 2.21. The Morgan fingerprint density at radius 2 is 2.28 bits per heavy atom. The Balaban J connectivity index is 1.96. The van der Waals surface area contributed by atoms with E-state index in [4.69, 9.17) is 10.5 Å². The van der Waals surface area contributed by atoms with Gasteiger partial charge in [-0.3, -0.25) is 4.99 Å². The van der Waals surface area contributed by atoms with Crippen molar-refractivity contribution in [3.8, 4) is 0 Å². The van der Waals surface area contributed by atoms with E-state index in [0.29, 0.717) is 12.6 Å². The fourth-order valence-corrected chi connectivity index (χ4v) is 3.23. The van der Waals surface area contributed by atoms with Crippen molar-refractivity contribution in [2.75, 3.05) is 26.8 Å². The lowest BCUT2D eigenvalue weighted by Gasteiger charge is -2.36. The van der Waals surface area contributed by atoms with Gasteiger partial charge in [-0.05, 0) is 24.0 Å². The monoisotopic (exact) mass is 245 g/mol. The zero-order valence-corrected chi connectivity index (χ0v) is 10.7. The molecular formula is C14H19N3O. The number of ether oxygens (including phenoxy) is 1. The predicted octanol–water partition coefficient (Wildman–Crippen LogP) is 1.10. The molecule has 2 N–H and O–H groups in total. The number of benzene rings is 1. The Morgan fingerprint density at radius 1 is 1.44 bits per heavy atom. The molecule has 1 unspecified atom stereocenters. The first-order valence-corrected chi connectivity index (χ1v) is 6.43. The van der Waals surface area contributed by atoms with E-state index < -0.39 is 0 Å². The molecule has 0 aromatic heterocycles. The van der Waals surface area contributed by atoms with Crippen LogP contribution in [0.4, 0.5) is 0 Å². The molecule has 96 valence electrons. The van der Waals surface area contributed by atoms with Crippen LogP contribution in [0.25, 0.3) is 0 Å². The van der Waals surface area contributed by atoms with E-state index in [9.17, 15) is 0 Å². The van der Waals surface area contributed by atoms with Crippen LogP contribution in [0.5, 0.6) is 0 Å². The number of nitrogens with two attached hydrogens (primary N) is 1. The van der Waals surface area contributed by atoms with Crippen LogP contribution in [-0.4, -0.2) is 37.7 Å². The molecule has 1 aromatic rings. The number of nitrogens with zero attached hydrogens (tertiary/aromatic N) is 2. The summed E-state index contributed by atoms with van der Waals surface area (Å²) in [7, 11) is 1.72. The first kappa shape index (κ1) is 11.5. The van der Waals surface area contributed by atoms with Crippen molar-refractivity contribution in [1.82, 2.24) is 4.90 Å². The molecule has 1 aliphatic heterocycles. The normalized spacial score (nSPS) is 25.6. The minimum absolute atomic E-state index is 0.0147. The molecule has 1 atom stereocenters. The van der Waals surface area contributed by atoms with E-state index in [0.717, 1.165) is 25.9 Å². The van der Waals surface area contributed by atoms with Crippen LogP contribution >= 0.6 is 0 Å². The first-order valence-electron chi connectivity index (χ1n) is 6.43. The highest BCUT2D eigenvalue weighted by Crippen LogP contribution is 2.44. The molecule has 18 heavy (non-hydrogen) atoms. The maximum Gasteiger partial charge on any atom is 0.192 e. The van der Waals surface area contributed by atoms with E-state index in [2.05, 4.69) is 34.2 Å². The van der Waals surface area contributed by atoms with E-state index >= 15 is 0 Å². The minimum atomic E-state index is -0.0147. The Morgan fingerprint density at radius 3 is 3.11 bits per heavy atom. The molecule has 0 radical (unpaired) electrons. The molecule has 4 nitrogen and oxygen atoms in total. The van der Waals surface area contributed by atoms with E-state index in [1.807, 2.05) is 0 Å². The fraction of sp³-hybridized carbons (Fsp3) is 0.500. The molecule has 0 amide bonds. The lowest BCUT2D eigenvalue weighted by Crippen LogP contribution is -2.49. The SMILES string of the molecule is COCCN1C(N)=NCC12CCc1ccccc12. The van der Waals surface area contributed by atoms with Crippen molar-refractivity contribution in [3.63, 3.8) is 0 Å². The molecule has 0 bridgehead atoms. The van der Waals surface area contributed by atoms with Gasteiger partial charge in [-0.15, -0.1) is 0 Å². The molecular weight excluding hydrogens is 226 g/mol. The highest BCUT2D eigenvalue weighted by molar-refractivity contribution is 5.81. The maximum absolute atomic E-state index is 6.05. The van der Waals surface area contributed by atoms with Crippen molar-refractivity contribution in [3.05, 3.63) is 35.4 Å². The molecule has 1 aliphatic carbocycles. The topological polar surface area (TPSA) is 50.9 Å². The third-order valence-corrected chi connectivity index (χ3v) is 4.14. The van der Waals surface area contributed by atoms with Gasteiger partial charge < -0.3 is 15.4 Å². The van der Waals surface area contributed by atoms with Gasteiger partial charge in [0.05, 0.1) is 18.7 Å². The highest BCUT2D eigenvalue weighted by Gasteiger charge is 2.47. The van der Waals surface area contributed by atoms with Gasteiger partial charge >= 0.3 is 0 Å². The van der Waals surface area contributed by atoms with Crippen molar-refractivity contribution in [2.45, 2.75) is 18.4 Å². The Bertz CT molecular complexity index is 486. The van der Waals surface area contributed by atoms with E-state index in [1.165, 1.54) is 11.1 Å². The number of guanidine groups is 1. The second-order valence-corrected chi connectivity index (χ2v) is 5.01. The van der Waals surface area contributed by atoms with Crippen molar-refractivity contribution in [1.29, 1.82) is 0 Å². The molecule has 0 fully saturated rings. The highest BCUT2D eigenvalue weighted by atomic mass is 16.5. The van der Waals surface area contributed by atoms with Gasteiger partial charge in [-0.2, -0.15) is 0 Å². The average molecular weight is 245 g/mol. The number of fused-ring (bicyclic) bond motifs is 2. The third-order valence-electron chi connectivity index (χ3n) is 4.14. The minimum Gasteiger partial charge on any atom is -0.383 e. The Hall–Kier alpha value is -1.55. The zero-order chi connectivity index (χ0) is 12.6. The van der Waals surface area contributed by atoms with Gasteiger partial charge in [0.2, 0.25) is 0 Å². The predicted molar refractivity (Wildman–Crippen MR) is 71.5 cm³/mol. The summed E-state index contributed by atoms with van der Waals surface area (Å²) < 4.78 is 5.19. The van der Waals surface area contributed by atoms with Crippen LogP contribution in [0, 0.1) is 0 Å². The summed E-state index contributed by atoms with van der Waals surface area (Å²) in [5.41, 5.74) is 8.87. The summed E-state index contributed by atoms with van der Waals surface area (Å²) >= 11 is 0. The lowest BCUT2D eigenvalue weighted by atomic mass is 9.91. The largest absolute Gasteiger partial charge is 0.383 e. The van der Waals surface area contributed by atoms with E-state index in [1.54, 1.807) is 7.11 Å². The maximum atomic E-state index is 6.05. The van der Waals surface area contributed by atoms with Crippen molar-refractivity contribution >= 4 is 5.96 Å². The molecule has 1 aromatic carbocycles. The number of aryl methyl sites for hydroxylation is 1. The van der Waals surface area contributed by atoms with Crippen LogP contribution in [0.15, 0.2) is 29.3 Å². The molecule has 0 saturated carbocycles. The average Bonchev–Trinajstić information content (AvgIpc) is 2.92. The summed E-state index contributed by atoms with van der Waals surface area (Å²) in [6.45, 7) is 2.26. The summed E-state index contributed by atoms with van der Waals surface area (Å²) in [5.74, 6) is 0.656. The van der Waals surface area contributed by atoms with Gasteiger partial charge in [0, 0.05) is 13.7 Å². The van der Waals surface area contributed by atoms with Gasteiger partial charge in [-0.1, -0.05) is 24.3 Å². The molecule has 2 aliphatic rings. The van der Waals surface area contributed by atoms with Crippen LogP contribution in [0.3, 0.4) is 0 Å². The van der Waals surface area contributed by atoms with Gasteiger partial charge in [-0.25, -0.2) is 0 Å². The van der Waals surface area contributed by atoms with Gasteiger partial charge in [0.25, 0.3) is 0 Å². The number of hydrogen-bond donors (Lipinski definition) is 1. The van der Waals surface area contributed by atoms with Crippen LogP contribution in [0.2, 0.25) is 0 Å². The van der Waals surface area contributed by atoms with Crippen LogP contribution in [0.1, 0.15) is 17.5 Å². The number of aliphatic imine (C=N–C) groups is 1. The van der Waals surface area contributed by atoms with Crippen LogP contribution in [-0.2, 0) is 16.7 Å². The molecule has 1 heterocycles. The Kier molecular flexibility index (Phi) is 2.74. The molecule has 1 spiro atoms. The smallest absolute Gasteiger partial charge is 0.192 e. The van der Waals surface area contributed by atoms with Gasteiger partial charge in [0.1, 0.15) is 0 Å². The number of methoxy groups -OCH3 is 1. The van der Waals surface area contributed by atoms with Crippen molar-refractivity contribution < 1.29 is 4.74 Å². The second-order valence-electron chi connectivity index (χ2n) is 5.01. The van der Waals surface area contributed by atoms with Crippen LogP contribution < -0.4 is 5.73 Å². The quantitative estimate of drug-likeness (QED) is 0.867. The standard InChI is InChI=1S/C14H19N3O/c1-18-9-8-17-13(15)16-10-14(17)7-6-11-4-2-3-5-12(11)14/h2-5H,6-10H2,1H3,(H2,15,16). The molecule has 0 saturated heterocycles. The summed E-state index contributed by atoms with van der Waals surface area (Å²) in [6, 6.07) is 8.65. The summed E-state index contributed by atoms with van der Waals surface area (Å²) in [4.78, 5) is 6.69. The second kappa shape index (κ2) is 4.28. The number of hydrogen-bond acceptors (Lipinski definition) is 4. The fourth-order valence-electron chi connectivity index (χ4n) is 3.23. The number of rotatable bonds is 3. The lowest BCUT2D eigenvalue weighted by molar-refractivity contribution is 0.128. The van der Waals surface area contributed by atoms with E-state index in [-0.39, 0.29) is 5.54 Å². The third kappa shape index (κ3) is 1.52. The Labute approximate surface area is 107 Å². The zero-order valence-electron chi connectivity index (χ0n) is 10.7. The summed E-state index contributed by atoms with van der Waals surface area (Å²) in [5, 5.41) is 0. The van der Waals surface area contributed by atoms with Crippen molar-refractivity contribution in [2.24, 2.45) is 10.7 Å². The molecule has 4 heteroatoms.